The van der Waals surface area contributed by atoms with Crippen LogP contribution in [0.25, 0.3) is 0 Å². The Morgan fingerprint density at radius 1 is 1.00 bits per heavy atom. The van der Waals surface area contributed by atoms with Crippen LogP contribution < -0.4 is 0 Å². The minimum absolute atomic E-state index is 0.117. The Kier molecular flexibility index (Phi) is 3.72. The fourth-order valence-corrected chi connectivity index (χ4v) is 5.20. The van der Waals surface area contributed by atoms with Crippen LogP contribution in [0.1, 0.15) is 66.2 Å². The van der Waals surface area contributed by atoms with Gasteiger partial charge in [-0.2, -0.15) is 0 Å². The Morgan fingerprint density at radius 3 is 1.89 bits per heavy atom. The number of carboxylic acid groups (broad SMARTS) is 1. The largest absolute Gasteiger partial charge is 0.481 e. The summed E-state index contributed by atoms with van der Waals surface area (Å²) < 4.78 is 0. The van der Waals surface area contributed by atoms with Gasteiger partial charge in [0.1, 0.15) is 0 Å². The van der Waals surface area contributed by atoms with E-state index in [0.717, 1.165) is 25.9 Å². The van der Waals surface area contributed by atoms with E-state index in [4.69, 9.17) is 0 Å². The molecule has 1 N–H and O–H groups in total. The number of rotatable bonds is 3. The van der Waals surface area contributed by atoms with E-state index in [0.29, 0.717) is 6.42 Å². The summed E-state index contributed by atoms with van der Waals surface area (Å²) in [6, 6.07) is 0. The molecular weight excluding hydrogens is 238 g/mol. The van der Waals surface area contributed by atoms with Crippen molar-refractivity contribution in [2.24, 2.45) is 10.8 Å². The Bertz CT molecular complexity index is 338. The van der Waals surface area contributed by atoms with Gasteiger partial charge in [-0.1, -0.05) is 27.7 Å². The predicted molar refractivity (Wildman–Crippen MR) is 77.2 cm³/mol. The topological polar surface area (TPSA) is 40.5 Å². The molecule has 0 amide bonds. The van der Waals surface area contributed by atoms with Crippen LogP contribution in [-0.4, -0.2) is 34.6 Å². The third-order valence-electron chi connectivity index (χ3n) is 4.83. The SMILES string of the molecule is CC1(C)CC(C)(C)CC(CC(=O)O)(N2CCCC2)C1. The summed E-state index contributed by atoms with van der Waals surface area (Å²) >= 11 is 0. The number of hydrogen-bond acceptors (Lipinski definition) is 2. The molecule has 2 rings (SSSR count). The molecule has 0 aromatic carbocycles. The third-order valence-corrected chi connectivity index (χ3v) is 4.83. The van der Waals surface area contributed by atoms with Gasteiger partial charge in [0.25, 0.3) is 0 Å². The van der Waals surface area contributed by atoms with Gasteiger partial charge in [-0.25, -0.2) is 0 Å². The van der Waals surface area contributed by atoms with Crippen molar-refractivity contribution in [3.05, 3.63) is 0 Å². The van der Waals surface area contributed by atoms with Crippen molar-refractivity contribution in [2.45, 2.75) is 71.8 Å². The molecule has 1 saturated heterocycles. The molecule has 110 valence electrons. The van der Waals surface area contributed by atoms with Gasteiger partial charge in [-0.15, -0.1) is 0 Å². The Hall–Kier alpha value is -0.570. The molecule has 3 nitrogen and oxygen atoms in total. The molecule has 1 aliphatic heterocycles. The summed E-state index contributed by atoms with van der Waals surface area (Å²) in [6.45, 7) is 11.4. The van der Waals surface area contributed by atoms with E-state index in [1.54, 1.807) is 0 Å². The highest BCUT2D eigenvalue weighted by Crippen LogP contribution is 2.53. The minimum Gasteiger partial charge on any atom is -0.481 e. The van der Waals surface area contributed by atoms with E-state index in [9.17, 15) is 9.90 Å². The normalized spacial score (nSPS) is 29.3. The number of aliphatic carboxylic acids is 1. The van der Waals surface area contributed by atoms with Crippen molar-refractivity contribution in [1.29, 1.82) is 0 Å². The fourth-order valence-electron chi connectivity index (χ4n) is 5.20. The number of likely N-dealkylation sites (tertiary alicyclic amines) is 1. The lowest BCUT2D eigenvalue weighted by molar-refractivity contribution is -0.144. The van der Waals surface area contributed by atoms with Crippen LogP contribution in [0.3, 0.4) is 0 Å². The summed E-state index contributed by atoms with van der Waals surface area (Å²) in [5.41, 5.74) is 0.354. The van der Waals surface area contributed by atoms with E-state index >= 15 is 0 Å². The summed E-state index contributed by atoms with van der Waals surface area (Å²) in [4.78, 5) is 13.9. The first kappa shape index (κ1) is 14.8. The van der Waals surface area contributed by atoms with Gasteiger partial charge in [-0.05, 0) is 56.0 Å². The van der Waals surface area contributed by atoms with Crippen molar-refractivity contribution in [3.8, 4) is 0 Å². The molecule has 1 heterocycles. The maximum Gasteiger partial charge on any atom is 0.305 e. The average molecular weight is 267 g/mol. The number of hydrogen-bond donors (Lipinski definition) is 1. The van der Waals surface area contributed by atoms with Crippen molar-refractivity contribution in [2.75, 3.05) is 13.1 Å². The summed E-state index contributed by atoms with van der Waals surface area (Å²) in [6.07, 6.45) is 5.99. The second kappa shape index (κ2) is 4.76. The van der Waals surface area contributed by atoms with Crippen molar-refractivity contribution < 1.29 is 9.90 Å². The first-order valence-electron chi connectivity index (χ1n) is 7.61. The molecule has 0 aromatic heterocycles. The number of carbonyl (C=O) groups is 1. The first-order valence-corrected chi connectivity index (χ1v) is 7.61. The molecule has 0 unspecified atom stereocenters. The minimum atomic E-state index is -0.639. The molecule has 0 bridgehead atoms. The molecule has 1 aliphatic carbocycles. The molecule has 0 aromatic rings. The second-order valence-corrected chi connectivity index (χ2v) is 8.35. The molecule has 2 fully saturated rings. The van der Waals surface area contributed by atoms with Crippen molar-refractivity contribution in [1.82, 2.24) is 4.90 Å². The van der Waals surface area contributed by atoms with E-state index in [1.807, 2.05) is 0 Å². The molecule has 19 heavy (non-hydrogen) atoms. The van der Waals surface area contributed by atoms with Crippen molar-refractivity contribution in [3.63, 3.8) is 0 Å². The van der Waals surface area contributed by atoms with E-state index < -0.39 is 5.97 Å². The predicted octanol–water partition coefficient (Wildman–Crippen LogP) is 3.53. The molecule has 1 saturated carbocycles. The fraction of sp³-hybridized carbons (Fsp3) is 0.938. The smallest absolute Gasteiger partial charge is 0.305 e. The van der Waals surface area contributed by atoms with Crippen LogP contribution in [0, 0.1) is 10.8 Å². The zero-order chi connectivity index (χ0) is 14.3. The summed E-state index contributed by atoms with van der Waals surface area (Å²) in [5, 5.41) is 9.41. The second-order valence-electron chi connectivity index (χ2n) is 8.35. The Morgan fingerprint density at radius 2 is 1.47 bits per heavy atom. The highest BCUT2D eigenvalue weighted by atomic mass is 16.4. The maximum absolute atomic E-state index is 11.4. The van der Waals surface area contributed by atoms with Gasteiger partial charge in [0.05, 0.1) is 6.42 Å². The van der Waals surface area contributed by atoms with Crippen LogP contribution in [0.4, 0.5) is 0 Å². The van der Waals surface area contributed by atoms with Crippen LogP contribution >= 0.6 is 0 Å². The molecule has 0 atom stereocenters. The van der Waals surface area contributed by atoms with Crippen molar-refractivity contribution >= 4 is 5.97 Å². The molecule has 0 spiro atoms. The molecule has 3 heteroatoms. The van der Waals surface area contributed by atoms with Crippen LogP contribution in [0.15, 0.2) is 0 Å². The van der Waals surface area contributed by atoms with Gasteiger partial charge in [0.2, 0.25) is 0 Å². The maximum atomic E-state index is 11.4. The summed E-state index contributed by atoms with van der Waals surface area (Å²) in [5.74, 6) is -0.639. The Labute approximate surface area is 117 Å². The number of carboxylic acids is 1. The average Bonchev–Trinajstić information content (AvgIpc) is 2.62. The van der Waals surface area contributed by atoms with Crippen LogP contribution in [0.5, 0.6) is 0 Å². The lowest BCUT2D eigenvalue weighted by Crippen LogP contribution is -2.57. The van der Waals surface area contributed by atoms with Gasteiger partial charge in [0, 0.05) is 5.54 Å². The first-order chi connectivity index (χ1) is 8.64. The Balaban J connectivity index is 2.32. The zero-order valence-electron chi connectivity index (χ0n) is 13.0. The third kappa shape index (κ3) is 3.31. The quantitative estimate of drug-likeness (QED) is 0.850. The van der Waals surface area contributed by atoms with E-state index in [-0.39, 0.29) is 16.4 Å². The van der Waals surface area contributed by atoms with E-state index in [2.05, 4.69) is 32.6 Å². The highest BCUT2D eigenvalue weighted by Gasteiger charge is 2.51. The highest BCUT2D eigenvalue weighted by molar-refractivity contribution is 5.68. The van der Waals surface area contributed by atoms with Gasteiger partial charge < -0.3 is 5.11 Å². The standard InChI is InChI=1S/C16H29NO2/c1-14(2)10-15(3,4)12-16(11-14,9-13(18)19)17-7-5-6-8-17/h5-12H2,1-4H3,(H,18,19). The van der Waals surface area contributed by atoms with Gasteiger partial charge in [-0.3, -0.25) is 9.69 Å². The van der Waals surface area contributed by atoms with Gasteiger partial charge in [0.15, 0.2) is 0 Å². The number of nitrogens with zero attached hydrogens (tertiary/aromatic N) is 1. The zero-order valence-corrected chi connectivity index (χ0v) is 13.0. The monoisotopic (exact) mass is 267 g/mol. The lowest BCUT2D eigenvalue weighted by Gasteiger charge is -2.55. The molecule has 2 aliphatic rings. The molecule has 0 radical (unpaired) electrons. The molecular formula is C16H29NO2. The van der Waals surface area contributed by atoms with Crippen LogP contribution in [-0.2, 0) is 4.79 Å². The lowest BCUT2D eigenvalue weighted by atomic mass is 9.57. The van der Waals surface area contributed by atoms with Crippen LogP contribution in [0.2, 0.25) is 0 Å². The van der Waals surface area contributed by atoms with E-state index in [1.165, 1.54) is 19.3 Å². The van der Waals surface area contributed by atoms with Gasteiger partial charge >= 0.3 is 5.97 Å². The summed E-state index contributed by atoms with van der Waals surface area (Å²) in [7, 11) is 0.